The number of benzene rings is 2. The molecule has 0 amide bonds. The second kappa shape index (κ2) is 7.70. The molecule has 0 fully saturated rings. The summed E-state index contributed by atoms with van der Waals surface area (Å²) in [6, 6.07) is 15.1. The van der Waals surface area contributed by atoms with Gasteiger partial charge in [-0.15, -0.1) is 0 Å². The summed E-state index contributed by atoms with van der Waals surface area (Å²) in [4.78, 5) is 15.8. The van der Waals surface area contributed by atoms with Gasteiger partial charge in [0.15, 0.2) is 6.10 Å². The van der Waals surface area contributed by atoms with E-state index in [9.17, 15) is 4.79 Å². The van der Waals surface area contributed by atoms with Gasteiger partial charge in [-0.25, -0.2) is 4.98 Å². The summed E-state index contributed by atoms with van der Waals surface area (Å²) in [7, 11) is 1.60. The van der Waals surface area contributed by atoms with Crippen molar-refractivity contribution in [3.8, 4) is 11.5 Å². The minimum atomic E-state index is -0.429. The summed E-state index contributed by atoms with van der Waals surface area (Å²) < 4.78 is 18.3. The van der Waals surface area contributed by atoms with Gasteiger partial charge in [-0.2, -0.15) is 0 Å². The third-order valence-electron chi connectivity index (χ3n) is 3.74. The molecule has 0 unspecified atom stereocenters. The molecule has 25 heavy (non-hydrogen) atoms. The Bertz CT molecular complexity index is 859. The number of carbonyl (C=O) groups excluding carboxylic acids is 1. The van der Waals surface area contributed by atoms with Gasteiger partial charge in [-0.05, 0) is 24.3 Å². The Hall–Kier alpha value is -3.02. The molecule has 3 aromatic rings. The molecule has 0 aliphatic carbocycles. The lowest BCUT2D eigenvalue weighted by molar-refractivity contribution is -0.148. The first-order valence-corrected chi connectivity index (χ1v) is 7.99. The zero-order valence-electron chi connectivity index (χ0n) is 14.2. The molecule has 0 aliphatic heterocycles. The number of aromatic nitrogens is 2. The van der Waals surface area contributed by atoms with E-state index in [1.54, 1.807) is 19.5 Å². The zero-order valence-corrected chi connectivity index (χ0v) is 14.2. The van der Waals surface area contributed by atoms with E-state index in [0.29, 0.717) is 18.0 Å². The Morgan fingerprint density at radius 2 is 1.96 bits per heavy atom. The van der Waals surface area contributed by atoms with E-state index in [1.165, 1.54) is 6.92 Å². The number of methoxy groups -OCH3 is 1. The maximum Gasteiger partial charge on any atom is 0.303 e. The van der Waals surface area contributed by atoms with Crippen molar-refractivity contribution in [2.75, 3.05) is 13.7 Å². The van der Waals surface area contributed by atoms with E-state index in [2.05, 4.69) is 4.98 Å². The van der Waals surface area contributed by atoms with Crippen molar-refractivity contribution in [1.29, 1.82) is 0 Å². The van der Waals surface area contributed by atoms with Crippen LogP contribution in [0.15, 0.2) is 54.9 Å². The van der Waals surface area contributed by atoms with Crippen LogP contribution in [0.2, 0.25) is 0 Å². The van der Waals surface area contributed by atoms with Crippen molar-refractivity contribution in [3.63, 3.8) is 0 Å². The molecule has 0 N–H and O–H groups in total. The van der Waals surface area contributed by atoms with E-state index in [4.69, 9.17) is 14.2 Å². The Balaban J connectivity index is 1.72. The summed E-state index contributed by atoms with van der Waals surface area (Å²) in [5.41, 5.74) is 1.89. The largest absolute Gasteiger partial charge is 0.497 e. The van der Waals surface area contributed by atoms with E-state index < -0.39 is 6.10 Å². The SMILES string of the molecule is COc1cccc(OC[C@@H](Cn2cnc3ccccc32)OC(C)=O)c1. The Morgan fingerprint density at radius 1 is 1.16 bits per heavy atom. The molecule has 0 radical (unpaired) electrons. The minimum absolute atomic E-state index is 0.235. The highest BCUT2D eigenvalue weighted by Crippen LogP contribution is 2.20. The smallest absolute Gasteiger partial charge is 0.303 e. The normalized spacial score (nSPS) is 11.9. The summed E-state index contributed by atoms with van der Waals surface area (Å²) in [6.45, 7) is 2.09. The first kappa shape index (κ1) is 16.8. The van der Waals surface area contributed by atoms with Crippen LogP contribution in [-0.2, 0) is 16.1 Å². The fourth-order valence-electron chi connectivity index (χ4n) is 2.61. The number of esters is 1. The van der Waals surface area contributed by atoms with Gasteiger partial charge in [0.05, 0.1) is 31.0 Å². The highest BCUT2D eigenvalue weighted by atomic mass is 16.6. The van der Waals surface area contributed by atoms with Crippen molar-refractivity contribution < 1.29 is 19.0 Å². The predicted molar refractivity (Wildman–Crippen MR) is 93.8 cm³/mol. The summed E-state index contributed by atoms with van der Waals surface area (Å²) in [6.07, 6.45) is 1.31. The monoisotopic (exact) mass is 340 g/mol. The molecule has 1 heterocycles. The number of hydrogen-bond donors (Lipinski definition) is 0. The van der Waals surface area contributed by atoms with Gasteiger partial charge >= 0.3 is 5.97 Å². The average molecular weight is 340 g/mol. The van der Waals surface area contributed by atoms with Crippen LogP contribution in [0.1, 0.15) is 6.92 Å². The molecule has 3 rings (SSSR count). The summed E-state index contributed by atoms with van der Waals surface area (Å²) >= 11 is 0. The van der Waals surface area contributed by atoms with E-state index in [0.717, 1.165) is 11.0 Å². The van der Waals surface area contributed by atoms with Crippen LogP contribution in [-0.4, -0.2) is 35.3 Å². The van der Waals surface area contributed by atoms with Crippen LogP contribution in [0.3, 0.4) is 0 Å². The molecule has 0 bridgehead atoms. The van der Waals surface area contributed by atoms with Crippen LogP contribution in [0.5, 0.6) is 11.5 Å². The molecule has 0 saturated carbocycles. The lowest BCUT2D eigenvalue weighted by Crippen LogP contribution is -2.28. The number of ether oxygens (including phenoxy) is 3. The highest BCUT2D eigenvalue weighted by Gasteiger charge is 2.16. The van der Waals surface area contributed by atoms with Crippen molar-refractivity contribution in [3.05, 3.63) is 54.9 Å². The maximum atomic E-state index is 11.4. The number of hydrogen-bond acceptors (Lipinski definition) is 5. The highest BCUT2D eigenvalue weighted by molar-refractivity contribution is 5.75. The van der Waals surface area contributed by atoms with Crippen molar-refractivity contribution in [2.45, 2.75) is 19.6 Å². The molecule has 130 valence electrons. The molecule has 1 atom stereocenters. The van der Waals surface area contributed by atoms with Crippen LogP contribution >= 0.6 is 0 Å². The second-order valence-electron chi connectivity index (χ2n) is 5.61. The maximum absolute atomic E-state index is 11.4. The fraction of sp³-hybridized carbons (Fsp3) is 0.263. The Labute approximate surface area is 146 Å². The van der Waals surface area contributed by atoms with Gasteiger partial charge in [0.25, 0.3) is 0 Å². The molecular formula is C19H20N2O4. The molecule has 0 saturated heterocycles. The van der Waals surface area contributed by atoms with Crippen LogP contribution in [0.4, 0.5) is 0 Å². The third-order valence-corrected chi connectivity index (χ3v) is 3.74. The lowest BCUT2D eigenvalue weighted by atomic mass is 10.3. The average Bonchev–Trinajstić information content (AvgIpc) is 3.02. The van der Waals surface area contributed by atoms with Gasteiger partial charge in [0.1, 0.15) is 18.1 Å². The first-order valence-electron chi connectivity index (χ1n) is 7.99. The van der Waals surface area contributed by atoms with E-state index in [-0.39, 0.29) is 12.6 Å². The summed E-state index contributed by atoms with van der Waals surface area (Å²) in [5.74, 6) is 1.03. The van der Waals surface area contributed by atoms with Gasteiger partial charge in [0.2, 0.25) is 0 Å². The number of rotatable bonds is 7. The standard InChI is InChI=1S/C19H20N2O4/c1-14(22)25-17(12-24-16-7-5-6-15(10-16)23-2)11-21-13-20-18-8-3-4-9-19(18)21/h3-10,13,17H,11-12H2,1-2H3/t17-/m1/s1. The zero-order chi connectivity index (χ0) is 17.6. The molecule has 6 heteroatoms. The van der Waals surface area contributed by atoms with Crippen molar-refractivity contribution in [2.24, 2.45) is 0 Å². The first-order chi connectivity index (χ1) is 12.2. The van der Waals surface area contributed by atoms with Gasteiger partial charge in [0, 0.05) is 13.0 Å². The summed E-state index contributed by atoms with van der Waals surface area (Å²) in [5, 5.41) is 0. The third kappa shape index (κ3) is 4.29. The van der Waals surface area contributed by atoms with Crippen LogP contribution < -0.4 is 9.47 Å². The molecule has 2 aromatic carbocycles. The molecule has 1 aromatic heterocycles. The molecule has 6 nitrogen and oxygen atoms in total. The lowest BCUT2D eigenvalue weighted by Gasteiger charge is -2.19. The number of para-hydroxylation sites is 2. The fourth-order valence-corrected chi connectivity index (χ4v) is 2.61. The Kier molecular flexibility index (Phi) is 5.18. The molecular weight excluding hydrogens is 320 g/mol. The minimum Gasteiger partial charge on any atom is -0.497 e. The Morgan fingerprint density at radius 3 is 2.76 bits per heavy atom. The van der Waals surface area contributed by atoms with Crippen LogP contribution in [0.25, 0.3) is 11.0 Å². The van der Waals surface area contributed by atoms with Gasteiger partial charge in [-0.3, -0.25) is 4.79 Å². The number of nitrogens with zero attached hydrogens (tertiary/aromatic N) is 2. The molecule has 0 spiro atoms. The van der Waals surface area contributed by atoms with Crippen LogP contribution in [0, 0.1) is 0 Å². The van der Waals surface area contributed by atoms with Crippen molar-refractivity contribution >= 4 is 17.0 Å². The number of carbonyl (C=O) groups is 1. The van der Waals surface area contributed by atoms with Gasteiger partial charge in [-0.1, -0.05) is 18.2 Å². The van der Waals surface area contributed by atoms with Crippen molar-refractivity contribution in [1.82, 2.24) is 9.55 Å². The number of fused-ring (bicyclic) bond motifs is 1. The number of imidazole rings is 1. The van der Waals surface area contributed by atoms with E-state index in [1.807, 2.05) is 47.0 Å². The second-order valence-corrected chi connectivity index (χ2v) is 5.61. The quantitative estimate of drug-likeness (QED) is 0.619. The van der Waals surface area contributed by atoms with E-state index >= 15 is 0 Å². The predicted octanol–water partition coefficient (Wildman–Crippen LogP) is 3.06. The topological polar surface area (TPSA) is 62.6 Å². The molecule has 0 aliphatic rings. The van der Waals surface area contributed by atoms with Gasteiger partial charge < -0.3 is 18.8 Å².